The summed E-state index contributed by atoms with van der Waals surface area (Å²) in [4.78, 5) is 14.0. The molecule has 0 saturated carbocycles. The van der Waals surface area contributed by atoms with Gasteiger partial charge in [-0.05, 0) is 30.3 Å². The van der Waals surface area contributed by atoms with Gasteiger partial charge in [0.25, 0.3) is 5.91 Å². The molecule has 0 atom stereocenters. The van der Waals surface area contributed by atoms with Crippen molar-refractivity contribution in [3.8, 4) is 11.3 Å². The second-order valence-corrected chi connectivity index (χ2v) is 8.68. The lowest BCUT2D eigenvalue weighted by molar-refractivity contribution is 0.0656. The van der Waals surface area contributed by atoms with Gasteiger partial charge in [0.1, 0.15) is 17.3 Å². The van der Waals surface area contributed by atoms with E-state index in [-0.39, 0.29) is 36.8 Å². The largest absolute Gasteiger partial charge is 0.350 e. The summed E-state index contributed by atoms with van der Waals surface area (Å²) < 4.78 is 58.4. The summed E-state index contributed by atoms with van der Waals surface area (Å²) in [6, 6.07) is 12.0. The van der Waals surface area contributed by atoms with Crippen molar-refractivity contribution < 1.29 is 26.5 Å². The molecule has 1 amide bonds. The summed E-state index contributed by atoms with van der Waals surface area (Å²) in [7, 11) is -3.85. The molecule has 7 nitrogen and oxygen atoms in total. The number of aromatic nitrogens is 1. The van der Waals surface area contributed by atoms with E-state index < -0.39 is 27.6 Å². The number of sulfonamides is 1. The summed E-state index contributed by atoms with van der Waals surface area (Å²) in [5.41, 5.74) is 0.800. The molecule has 0 aliphatic carbocycles. The zero-order chi connectivity index (χ0) is 21.3. The first-order valence-corrected chi connectivity index (χ1v) is 10.6. The Kier molecular flexibility index (Phi) is 5.35. The van der Waals surface area contributed by atoms with E-state index in [1.165, 1.54) is 51.7 Å². The zero-order valence-electron chi connectivity index (χ0n) is 15.7. The van der Waals surface area contributed by atoms with Crippen molar-refractivity contribution in [1.29, 1.82) is 0 Å². The van der Waals surface area contributed by atoms with Crippen molar-refractivity contribution in [3.05, 3.63) is 72.0 Å². The Morgan fingerprint density at radius 2 is 1.60 bits per heavy atom. The summed E-state index contributed by atoms with van der Waals surface area (Å²) in [5, 5.41) is 3.81. The van der Waals surface area contributed by atoms with Crippen LogP contribution in [-0.2, 0) is 10.0 Å². The summed E-state index contributed by atoms with van der Waals surface area (Å²) >= 11 is 0. The molecule has 1 fully saturated rings. The van der Waals surface area contributed by atoms with Crippen molar-refractivity contribution in [1.82, 2.24) is 14.4 Å². The molecule has 156 valence electrons. The molecule has 10 heteroatoms. The van der Waals surface area contributed by atoms with Gasteiger partial charge in [0, 0.05) is 37.8 Å². The fraction of sp³-hybridized carbons (Fsp3) is 0.200. The number of hydrogen-bond donors (Lipinski definition) is 0. The van der Waals surface area contributed by atoms with E-state index >= 15 is 0 Å². The molecule has 1 saturated heterocycles. The van der Waals surface area contributed by atoms with Crippen molar-refractivity contribution in [2.75, 3.05) is 26.2 Å². The van der Waals surface area contributed by atoms with Gasteiger partial charge in [0.2, 0.25) is 15.8 Å². The van der Waals surface area contributed by atoms with Crippen LogP contribution in [0.15, 0.2) is 64.0 Å². The predicted molar refractivity (Wildman–Crippen MR) is 103 cm³/mol. The highest BCUT2D eigenvalue weighted by Crippen LogP contribution is 2.22. The van der Waals surface area contributed by atoms with Crippen molar-refractivity contribution >= 4 is 15.9 Å². The van der Waals surface area contributed by atoms with Crippen LogP contribution in [0, 0.1) is 11.6 Å². The number of piperazine rings is 1. The third-order valence-electron chi connectivity index (χ3n) is 4.80. The Morgan fingerprint density at radius 1 is 0.933 bits per heavy atom. The molecule has 0 unspecified atom stereocenters. The quantitative estimate of drug-likeness (QED) is 0.632. The molecule has 2 heterocycles. The van der Waals surface area contributed by atoms with Gasteiger partial charge >= 0.3 is 0 Å². The molecule has 0 radical (unpaired) electrons. The van der Waals surface area contributed by atoms with Crippen molar-refractivity contribution in [2.24, 2.45) is 0 Å². The highest BCUT2D eigenvalue weighted by Gasteiger charge is 2.31. The number of halogens is 2. The van der Waals surface area contributed by atoms with E-state index in [0.717, 1.165) is 6.07 Å². The molecule has 1 aliphatic rings. The summed E-state index contributed by atoms with van der Waals surface area (Å²) in [6.45, 7) is 0.414. The Bertz CT molecular complexity index is 1190. The normalized spacial score (nSPS) is 15.3. The minimum atomic E-state index is -3.85. The third kappa shape index (κ3) is 3.96. The summed E-state index contributed by atoms with van der Waals surface area (Å²) in [6.07, 6.45) is 0. The van der Waals surface area contributed by atoms with E-state index in [9.17, 15) is 22.0 Å². The Morgan fingerprint density at radius 3 is 2.27 bits per heavy atom. The SMILES string of the molecule is O=C(c1cc(-c2cccc(F)c2)no1)N1CCN(S(=O)(=O)c2cccc(F)c2)CC1. The number of carbonyl (C=O) groups excluding carboxylic acids is 1. The van der Waals surface area contributed by atoms with E-state index in [4.69, 9.17) is 4.52 Å². The Hall–Kier alpha value is -3.11. The molecule has 1 aromatic heterocycles. The monoisotopic (exact) mass is 433 g/mol. The number of benzene rings is 2. The van der Waals surface area contributed by atoms with Crippen LogP contribution in [0.3, 0.4) is 0 Å². The average molecular weight is 433 g/mol. The van der Waals surface area contributed by atoms with Gasteiger partial charge in [-0.15, -0.1) is 0 Å². The van der Waals surface area contributed by atoms with E-state index in [0.29, 0.717) is 11.3 Å². The molecule has 0 N–H and O–H groups in total. The second-order valence-electron chi connectivity index (χ2n) is 6.74. The molecule has 0 bridgehead atoms. The smallest absolute Gasteiger partial charge is 0.292 e. The fourth-order valence-corrected chi connectivity index (χ4v) is 4.68. The second kappa shape index (κ2) is 7.96. The molecule has 3 aromatic rings. The average Bonchev–Trinajstić information content (AvgIpc) is 3.24. The first kappa shape index (κ1) is 20.2. The maximum atomic E-state index is 13.4. The number of hydrogen-bond acceptors (Lipinski definition) is 5. The van der Waals surface area contributed by atoms with Crippen LogP contribution >= 0.6 is 0 Å². The first-order valence-electron chi connectivity index (χ1n) is 9.12. The zero-order valence-corrected chi connectivity index (χ0v) is 16.5. The van der Waals surface area contributed by atoms with Crippen molar-refractivity contribution in [2.45, 2.75) is 4.90 Å². The van der Waals surface area contributed by atoms with Crippen LogP contribution in [0.4, 0.5) is 8.78 Å². The predicted octanol–water partition coefficient (Wildman–Crippen LogP) is 2.77. The van der Waals surface area contributed by atoms with E-state index in [1.54, 1.807) is 6.07 Å². The maximum Gasteiger partial charge on any atom is 0.292 e. The first-order chi connectivity index (χ1) is 14.3. The molecular weight excluding hydrogens is 416 g/mol. The molecule has 0 spiro atoms. The van der Waals surface area contributed by atoms with Crippen LogP contribution in [0.5, 0.6) is 0 Å². The standard InChI is InChI=1S/C20H17F2N3O4S/c21-15-4-1-3-14(11-15)18-13-19(29-23-18)20(26)24-7-9-25(10-8-24)30(27,28)17-6-2-5-16(22)12-17/h1-6,11-13H,7-10H2. The van der Waals surface area contributed by atoms with Gasteiger partial charge < -0.3 is 9.42 Å². The van der Waals surface area contributed by atoms with E-state index in [1.807, 2.05) is 0 Å². The van der Waals surface area contributed by atoms with Crippen LogP contribution in [-0.4, -0.2) is 54.9 Å². The van der Waals surface area contributed by atoms with Gasteiger partial charge in [-0.2, -0.15) is 4.31 Å². The Balaban J connectivity index is 1.44. The minimum Gasteiger partial charge on any atom is -0.350 e. The van der Waals surface area contributed by atoms with Gasteiger partial charge in [0.05, 0.1) is 4.90 Å². The van der Waals surface area contributed by atoms with Crippen LogP contribution in [0.25, 0.3) is 11.3 Å². The molecule has 30 heavy (non-hydrogen) atoms. The molecule has 2 aromatic carbocycles. The van der Waals surface area contributed by atoms with Crippen LogP contribution < -0.4 is 0 Å². The number of nitrogens with zero attached hydrogens (tertiary/aromatic N) is 3. The van der Waals surface area contributed by atoms with Crippen LogP contribution in [0.2, 0.25) is 0 Å². The van der Waals surface area contributed by atoms with Crippen molar-refractivity contribution in [3.63, 3.8) is 0 Å². The topological polar surface area (TPSA) is 83.7 Å². The lowest BCUT2D eigenvalue weighted by Crippen LogP contribution is -2.50. The fourth-order valence-electron chi connectivity index (χ4n) is 3.22. The van der Waals surface area contributed by atoms with Gasteiger partial charge in [-0.3, -0.25) is 4.79 Å². The Labute approximate surface area is 171 Å². The van der Waals surface area contributed by atoms with Gasteiger partial charge in [-0.1, -0.05) is 23.4 Å². The van der Waals surface area contributed by atoms with Gasteiger partial charge in [-0.25, -0.2) is 17.2 Å². The number of amides is 1. The van der Waals surface area contributed by atoms with Gasteiger partial charge in [0.15, 0.2) is 0 Å². The number of rotatable bonds is 4. The molecular formula is C20H17F2N3O4S. The minimum absolute atomic E-state index is 0.0179. The summed E-state index contributed by atoms with van der Waals surface area (Å²) in [5.74, 6) is -1.52. The third-order valence-corrected chi connectivity index (χ3v) is 6.70. The lowest BCUT2D eigenvalue weighted by Gasteiger charge is -2.33. The van der Waals surface area contributed by atoms with Crippen LogP contribution in [0.1, 0.15) is 10.6 Å². The van der Waals surface area contributed by atoms with E-state index in [2.05, 4.69) is 5.16 Å². The highest BCUT2D eigenvalue weighted by atomic mass is 32.2. The molecule has 1 aliphatic heterocycles. The maximum absolute atomic E-state index is 13.4. The highest BCUT2D eigenvalue weighted by molar-refractivity contribution is 7.89. The molecule has 4 rings (SSSR count). The number of carbonyl (C=O) groups is 1. The lowest BCUT2D eigenvalue weighted by atomic mass is 10.1.